The molecule has 4 aromatic rings. The average molecular weight is 355 g/mol. The maximum Gasteiger partial charge on any atom is 0.0565 e. The number of hydrogen-bond donors (Lipinski definition) is 2. The summed E-state index contributed by atoms with van der Waals surface area (Å²) in [7, 11) is 0. The quantitative estimate of drug-likeness (QED) is 0.467. The molecule has 0 spiro atoms. The fourth-order valence-corrected chi connectivity index (χ4v) is 3.85. The minimum atomic E-state index is 0.780. The Balaban J connectivity index is 2.04. The topological polar surface area (TPSA) is 57.0 Å². The highest BCUT2D eigenvalue weighted by Crippen LogP contribution is 2.38. The number of aryl methyl sites for hydroxylation is 2. The second-order valence-electron chi connectivity index (χ2n) is 7.19. The molecule has 0 saturated carbocycles. The molecule has 0 saturated heterocycles. The van der Waals surface area contributed by atoms with Gasteiger partial charge in [0.05, 0.1) is 5.52 Å². The van der Waals surface area contributed by atoms with Gasteiger partial charge in [0, 0.05) is 34.2 Å². The van der Waals surface area contributed by atoms with Crippen molar-refractivity contribution in [2.24, 2.45) is 0 Å². The molecule has 0 unspecified atom stereocenters. The number of nitrogens with zero attached hydrogens (tertiary/aromatic N) is 1. The number of hydrogen-bond acceptors (Lipinski definition) is 2. The first-order valence-electron chi connectivity index (χ1n) is 9.35. The first-order chi connectivity index (χ1) is 13.0. The molecule has 3 nitrogen and oxygen atoms in total. The van der Waals surface area contributed by atoms with Gasteiger partial charge in [-0.1, -0.05) is 31.2 Å². The summed E-state index contributed by atoms with van der Waals surface area (Å²) in [5, 5.41) is 1.15. The van der Waals surface area contributed by atoms with Crippen LogP contribution < -0.4 is 11.5 Å². The van der Waals surface area contributed by atoms with Gasteiger partial charge in [0.2, 0.25) is 0 Å². The summed E-state index contributed by atoms with van der Waals surface area (Å²) in [6.07, 6.45) is 3.25. The minimum absolute atomic E-state index is 0.780. The van der Waals surface area contributed by atoms with Crippen molar-refractivity contribution >= 4 is 22.3 Å². The van der Waals surface area contributed by atoms with Gasteiger partial charge in [-0.15, -0.1) is 0 Å². The van der Waals surface area contributed by atoms with E-state index in [-0.39, 0.29) is 0 Å². The lowest BCUT2D eigenvalue weighted by Gasteiger charge is -2.09. The van der Waals surface area contributed by atoms with E-state index in [1.807, 2.05) is 18.2 Å². The summed E-state index contributed by atoms with van der Waals surface area (Å²) in [6, 6.07) is 18.9. The van der Waals surface area contributed by atoms with E-state index >= 15 is 0 Å². The molecule has 4 N–H and O–H groups in total. The molecule has 0 aliphatic heterocycles. The van der Waals surface area contributed by atoms with Gasteiger partial charge >= 0.3 is 0 Å². The van der Waals surface area contributed by atoms with Gasteiger partial charge < -0.3 is 16.0 Å². The zero-order valence-corrected chi connectivity index (χ0v) is 16.1. The standard InChI is InChI=1S/C24H25N3/c1-4-17-8-10-19(11-9-17)27-14-22(20-6-5-7-23(26)16(20)3)21-13-18(25)12-15(2)24(21)27/h5-14H,4,25-26H2,1-3H3. The number of benzene rings is 3. The Morgan fingerprint density at radius 3 is 2.33 bits per heavy atom. The van der Waals surface area contributed by atoms with Crippen LogP contribution in [-0.4, -0.2) is 4.57 Å². The number of aromatic nitrogens is 1. The first-order valence-corrected chi connectivity index (χ1v) is 9.35. The molecule has 0 atom stereocenters. The van der Waals surface area contributed by atoms with E-state index in [2.05, 4.69) is 67.9 Å². The molecule has 4 rings (SSSR count). The Morgan fingerprint density at radius 2 is 1.63 bits per heavy atom. The van der Waals surface area contributed by atoms with E-state index in [0.717, 1.165) is 51.1 Å². The lowest BCUT2D eigenvalue weighted by molar-refractivity contribution is 1.09. The average Bonchev–Trinajstić information content (AvgIpc) is 3.03. The van der Waals surface area contributed by atoms with Gasteiger partial charge in [-0.3, -0.25) is 0 Å². The lowest BCUT2D eigenvalue weighted by atomic mass is 9.98. The fourth-order valence-electron chi connectivity index (χ4n) is 3.85. The third-order valence-electron chi connectivity index (χ3n) is 5.40. The highest BCUT2D eigenvalue weighted by Gasteiger charge is 2.16. The third kappa shape index (κ3) is 2.85. The second kappa shape index (κ2) is 6.51. The third-order valence-corrected chi connectivity index (χ3v) is 5.40. The monoisotopic (exact) mass is 355 g/mol. The summed E-state index contributed by atoms with van der Waals surface area (Å²) in [5.74, 6) is 0. The predicted molar refractivity (Wildman–Crippen MR) is 116 cm³/mol. The van der Waals surface area contributed by atoms with Gasteiger partial charge in [-0.2, -0.15) is 0 Å². The molecule has 3 aromatic carbocycles. The van der Waals surface area contributed by atoms with Crippen molar-refractivity contribution in [2.45, 2.75) is 27.2 Å². The number of rotatable bonds is 3. The van der Waals surface area contributed by atoms with Crippen LogP contribution in [0.25, 0.3) is 27.7 Å². The molecule has 0 bridgehead atoms. The van der Waals surface area contributed by atoms with Crippen molar-refractivity contribution < 1.29 is 0 Å². The van der Waals surface area contributed by atoms with Gasteiger partial charge in [0.25, 0.3) is 0 Å². The number of nitrogens with two attached hydrogens (primary N) is 2. The Morgan fingerprint density at radius 1 is 0.889 bits per heavy atom. The van der Waals surface area contributed by atoms with Crippen LogP contribution in [0.4, 0.5) is 11.4 Å². The molecule has 3 heteroatoms. The summed E-state index contributed by atoms with van der Waals surface area (Å²) in [6.45, 7) is 6.36. The Bertz CT molecular complexity index is 1130. The molecule has 1 heterocycles. The predicted octanol–water partition coefficient (Wildman–Crippen LogP) is 5.64. The van der Waals surface area contributed by atoms with Crippen molar-refractivity contribution in [3.63, 3.8) is 0 Å². The zero-order valence-electron chi connectivity index (χ0n) is 16.1. The lowest BCUT2D eigenvalue weighted by Crippen LogP contribution is -1.95. The number of fused-ring (bicyclic) bond motifs is 1. The van der Waals surface area contributed by atoms with Gasteiger partial charge in [-0.25, -0.2) is 0 Å². The highest BCUT2D eigenvalue weighted by atomic mass is 15.0. The van der Waals surface area contributed by atoms with Crippen molar-refractivity contribution in [1.29, 1.82) is 0 Å². The molecular formula is C24H25N3. The number of anilines is 2. The summed E-state index contributed by atoms with van der Waals surface area (Å²) < 4.78 is 2.27. The summed E-state index contributed by atoms with van der Waals surface area (Å²) in [5.41, 5.74) is 22.2. The van der Waals surface area contributed by atoms with Crippen molar-refractivity contribution in [1.82, 2.24) is 4.57 Å². The molecule has 0 aliphatic carbocycles. The molecule has 136 valence electrons. The van der Waals surface area contributed by atoms with Crippen LogP contribution in [0.2, 0.25) is 0 Å². The maximum absolute atomic E-state index is 6.19. The number of nitrogen functional groups attached to an aromatic ring is 2. The molecule has 0 amide bonds. The molecular weight excluding hydrogens is 330 g/mol. The first kappa shape index (κ1) is 17.2. The van der Waals surface area contributed by atoms with E-state index in [4.69, 9.17) is 11.5 Å². The zero-order chi connectivity index (χ0) is 19.1. The minimum Gasteiger partial charge on any atom is -0.399 e. The molecule has 1 aromatic heterocycles. The summed E-state index contributed by atoms with van der Waals surface area (Å²) >= 11 is 0. The van der Waals surface area contributed by atoms with Crippen LogP contribution in [-0.2, 0) is 6.42 Å². The van der Waals surface area contributed by atoms with Crippen LogP contribution in [0.5, 0.6) is 0 Å². The van der Waals surface area contributed by atoms with E-state index in [1.165, 1.54) is 11.1 Å². The highest BCUT2D eigenvalue weighted by molar-refractivity contribution is 6.01. The largest absolute Gasteiger partial charge is 0.399 e. The van der Waals surface area contributed by atoms with Crippen molar-refractivity contribution in [2.75, 3.05) is 11.5 Å². The second-order valence-corrected chi connectivity index (χ2v) is 7.19. The van der Waals surface area contributed by atoms with Crippen LogP contribution in [0.3, 0.4) is 0 Å². The van der Waals surface area contributed by atoms with Crippen LogP contribution in [0, 0.1) is 13.8 Å². The fraction of sp³-hybridized carbons (Fsp3) is 0.167. The van der Waals surface area contributed by atoms with Crippen molar-refractivity contribution in [3.05, 3.63) is 77.5 Å². The van der Waals surface area contributed by atoms with E-state index < -0.39 is 0 Å². The Labute approximate surface area is 160 Å². The van der Waals surface area contributed by atoms with E-state index in [9.17, 15) is 0 Å². The Kier molecular flexibility index (Phi) is 4.15. The summed E-state index contributed by atoms with van der Waals surface area (Å²) in [4.78, 5) is 0. The smallest absolute Gasteiger partial charge is 0.0565 e. The molecule has 0 radical (unpaired) electrons. The van der Waals surface area contributed by atoms with Crippen LogP contribution >= 0.6 is 0 Å². The molecule has 27 heavy (non-hydrogen) atoms. The van der Waals surface area contributed by atoms with Gasteiger partial charge in [-0.05, 0) is 72.9 Å². The van der Waals surface area contributed by atoms with Crippen LogP contribution in [0.15, 0.2) is 60.8 Å². The van der Waals surface area contributed by atoms with E-state index in [0.29, 0.717) is 0 Å². The Hall–Kier alpha value is -3.20. The van der Waals surface area contributed by atoms with Gasteiger partial charge in [0.15, 0.2) is 0 Å². The van der Waals surface area contributed by atoms with Crippen molar-refractivity contribution in [3.8, 4) is 16.8 Å². The molecule has 0 fully saturated rings. The SMILES string of the molecule is CCc1ccc(-n2cc(-c3cccc(N)c3C)c3cc(N)cc(C)c32)cc1. The van der Waals surface area contributed by atoms with Crippen LogP contribution in [0.1, 0.15) is 23.6 Å². The van der Waals surface area contributed by atoms with Gasteiger partial charge in [0.1, 0.15) is 0 Å². The maximum atomic E-state index is 6.19. The molecule has 0 aliphatic rings. The normalized spacial score (nSPS) is 11.2. The van der Waals surface area contributed by atoms with E-state index in [1.54, 1.807) is 0 Å².